The first-order chi connectivity index (χ1) is 10.7. The maximum absolute atomic E-state index is 12.5. The molecular formula is C12H13BrN4O5S. The third-order valence-electron chi connectivity index (χ3n) is 3.05. The number of carbonyl (C=O) groups is 1. The molecule has 2 aromatic heterocycles. The molecule has 0 saturated carbocycles. The Morgan fingerprint density at radius 2 is 2.09 bits per heavy atom. The van der Waals surface area contributed by atoms with E-state index >= 15 is 0 Å². The van der Waals surface area contributed by atoms with E-state index < -0.39 is 26.6 Å². The van der Waals surface area contributed by atoms with Crippen LogP contribution < -0.4 is 9.46 Å². The standard InChI is InChI=1S/C12H13BrN4O5S/c1-5-7(13)4-14-10(22-3)9(5)17-23(20,21)11-8(12(18)19)6(2)15-16-11/h4,17H,1-3H3,(H,15,16)(H,18,19). The zero-order chi connectivity index (χ0) is 17.4. The summed E-state index contributed by atoms with van der Waals surface area (Å²) in [6, 6.07) is 0. The molecule has 0 aliphatic heterocycles. The number of carboxylic acids is 1. The number of aromatic nitrogens is 3. The number of H-pyrrole nitrogens is 1. The van der Waals surface area contributed by atoms with Gasteiger partial charge in [-0.25, -0.2) is 9.78 Å². The van der Waals surface area contributed by atoms with Gasteiger partial charge in [0.15, 0.2) is 0 Å². The lowest BCUT2D eigenvalue weighted by Crippen LogP contribution is -2.18. The number of ether oxygens (including phenoxy) is 1. The molecule has 0 amide bonds. The quantitative estimate of drug-likeness (QED) is 0.689. The van der Waals surface area contributed by atoms with Gasteiger partial charge in [-0.05, 0) is 35.3 Å². The Balaban J connectivity index is 2.57. The fourth-order valence-electron chi connectivity index (χ4n) is 1.87. The average molecular weight is 405 g/mol. The van der Waals surface area contributed by atoms with Crippen LogP contribution in [-0.4, -0.2) is 41.8 Å². The fraction of sp³-hybridized carbons (Fsp3) is 0.250. The van der Waals surface area contributed by atoms with E-state index in [0.29, 0.717) is 10.0 Å². The van der Waals surface area contributed by atoms with Gasteiger partial charge in [0.1, 0.15) is 11.3 Å². The van der Waals surface area contributed by atoms with Gasteiger partial charge < -0.3 is 9.84 Å². The number of anilines is 1. The number of sulfonamides is 1. The number of carboxylic acid groups (broad SMARTS) is 1. The van der Waals surface area contributed by atoms with Crippen molar-refractivity contribution in [1.82, 2.24) is 15.2 Å². The average Bonchev–Trinajstić information content (AvgIpc) is 2.87. The highest BCUT2D eigenvalue weighted by molar-refractivity contribution is 9.10. The number of aryl methyl sites for hydroxylation is 1. The maximum Gasteiger partial charge on any atom is 0.340 e. The van der Waals surface area contributed by atoms with Crippen LogP contribution in [0, 0.1) is 13.8 Å². The fourth-order valence-corrected chi connectivity index (χ4v) is 3.45. The summed E-state index contributed by atoms with van der Waals surface area (Å²) < 4.78 is 32.9. The van der Waals surface area contributed by atoms with Crippen LogP contribution in [0.1, 0.15) is 21.6 Å². The van der Waals surface area contributed by atoms with Gasteiger partial charge in [-0.1, -0.05) is 0 Å². The number of pyridine rings is 1. The predicted octanol–water partition coefficient (Wildman–Crippen LogP) is 1.69. The minimum atomic E-state index is -4.25. The monoisotopic (exact) mass is 404 g/mol. The van der Waals surface area contributed by atoms with Crippen molar-refractivity contribution in [2.24, 2.45) is 0 Å². The first-order valence-corrected chi connectivity index (χ1v) is 8.46. The number of nitrogens with one attached hydrogen (secondary N) is 2. The maximum atomic E-state index is 12.5. The second-order valence-corrected chi connectivity index (χ2v) is 7.01. The molecule has 3 N–H and O–H groups in total. The highest BCUT2D eigenvalue weighted by atomic mass is 79.9. The summed E-state index contributed by atoms with van der Waals surface area (Å²) in [4.78, 5) is 15.2. The molecule has 11 heteroatoms. The minimum absolute atomic E-state index is 0.0541. The van der Waals surface area contributed by atoms with Crippen molar-refractivity contribution < 1.29 is 23.1 Å². The lowest BCUT2D eigenvalue weighted by Gasteiger charge is -2.13. The summed E-state index contributed by atoms with van der Waals surface area (Å²) in [5.74, 6) is -1.34. The van der Waals surface area contributed by atoms with E-state index in [4.69, 9.17) is 9.84 Å². The van der Waals surface area contributed by atoms with Gasteiger partial charge in [-0.15, -0.1) is 0 Å². The Labute approximate surface area is 140 Å². The van der Waals surface area contributed by atoms with E-state index in [0.717, 1.165) is 0 Å². The molecule has 2 aromatic rings. The molecule has 0 bridgehead atoms. The van der Waals surface area contributed by atoms with E-state index in [9.17, 15) is 13.2 Å². The minimum Gasteiger partial charge on any atom is -0.479 e. The topological polar surface area (TPSA) is 134 Å². The summed E-state index contributed by atoms with van der Waals surface area (Å²) in [5, 5.41) is 14.5. The number of aromatic carboxylic acids is 1. The zero-order valence-electron chi connectivity index (χ0n) is 12.3. The van der Waals surface area contributed by atoms with E-state index in [1.807, 2.05) is 0 Å². The van der Waals surface area contributed by atoms with Crippen LogP contribution in [0.2, 0.25) is 0 Å². The van der Waals surface area contributed by atoms with Gasteiger partial charge in [-0.3, -0.25) is 9.82 Å². The SMILES string of the molecule is COc1ncc(Br)c(C)c1NS(=O)(=O)c1n[nH]c(C)c1C(=O)O. The van der Waals surface area contributed by atoms with Crippen LogP contribution in [-0.2, 0) is 10.0 Å². The van der Waals surface area contributed by atoms with Crippen LogP contribution in [0.25, 0.3) is 0 Å². The van der Waals surface area contributed by atoms with Crippen LogP contribution in [0.5, 0.6) is 5.88 Å². The predicted molar refractivity (Wildman–Crippen MR) is 84.3 cm³/mol. The highest BCUT2D eigenvalue weighted by Gasteiger charge is 2.29. The van der Waals surface area contributed by atoms with Crippen LogP contribution in [0.4, 0.5) is 5.69 Å². The highest BCUT2D eigenvalue weighted by Crippen LogP contribution is 2.33. The van der Waals surface area contributed by atoms with E-state index in [2.05, 4.69) is 35.8 Å². The third-order valence-corrected chi connectivity index (χ3v) is 5.13. The van der Waals surface area contributed by atoms with E-state index in [1.54, 1.807) is 6.92 Å². The molecule has 0 aliphatic carbocycles. The van der Waals surface area contributed by atoms with Crippen molar-refractivity contribution in [3.8, 4) is 5.88 Å². The first kappa shape index (κ1) is 17.2. The molecule has 0 saturated heterocycles. The molecule has 124 valence electrons. The van der Waals surface area contributed by atoms with Crippen molar-refractivity contribution in [3.05, 3.63) is 27.5 Å². The Kier molecular flexibility index (Phi) is 4.61. The van der Waals surface area contributed by atoms with Crippen molar-refractivity contribution in [3.63, 3.8) is 0 Å². The van der Waals surface area contributed by atoms with Crippen LogP contribution in [0.15, 0.2) is 15.7 Å². The number of hydrogen-bond acceptors (Lipinski definition) is 6. The van der Waals surface area contributed by atoms with Crippen LogP contribution >= 0.6 is 15.9 Å². The molecule has 23 heavy (non-hydrogen) atoms. The molecule has 9 nitrogen and oxygen atoms in total. The van der Waals surface area contributed by atoms with E-state index in [-0.39, 0.29) is 17.3 Å². The Morgan fingerprint density at radius 3 is 2.65 bits per heavy atom. The second-order valence-electron chi connectivity index (χ2n) is 4.55. The first-order valence-electron chi connectivity index (χ1n) is 6.19. The number of hydrogen-bond donors (Lipinski definition) is 3. The summed E-state index contributed by atoms with van der Waals surface area (Å²) in [6.07, 6.45) is 1.47. The van der Waals surface area contributed by atoms with Crippen LogP contribution in [0.3, 0.4) is 0 Å². The molecular weight excluding hydrogens is 392 g/mol. The number of nitrogens with zero attached hydrogens (tertiary/aromatic N) is 2. The molecule has 0 fully saturated rings. The summed E-state index contributed by atoms with van der Waals surface area (Å²) in [7, 11) is -2.91. The molecule has 0 atom stereocenters. The molecule has 0 aromatic carbocycles. The lowest BCUT2D eigenvalue weighted by molar-refractivity contribution is 0.0692. The van der Waals surface area contributed by atoms with Gasteiger partial charge in [0.25, 0.3) is 10.0 Å². The molecule has 0 radical (unpaired) electrons. The summed E-state index contributed by atoms with van der Waals surface area (Å²) in [5.41, 5.74) is 0.342. The van der Waals surface area contributed by atoms with Gasteiger partial charge in [0.05, 0.1) is 7.11 Å². The second kappa shape index (κ2) is 6.16. The zero-order valence-corrected chi connectivity index (χ0v) is 14.7. The number of methoxy groups -OCH3 is 1. The van der Waals surface area contributed by atoms with Gasteiger partial charge in [0.2, 0.25) is 10.9 Å². The molecule has 0 spiro atoms. The van der Waals surface area contributed by atoms with E-state index in [1.165, 1.54) is 20.2 Å². The van der Waals surface area contributed by atoms with Crippen molar-refractivity contribution >= 4 is 37.6 Å². The Hall–Kier alpha value is -2.14. The molecule has 2 heterocycles. The van der Waals surface area contributed by atoms with Gasteiger partial charge in [-0.2, -0.15) is 13.5 Å². The summed E-state index contributed by atoms with van der Waals surface area (Å²) >= 11 is 3.25. The lowest BCUT2D eigenvalue weighted by atomic mass is 10.2. The number of rotatable bonds is 5. The largest absolute Gasteiger partial charge is 0.479 e. The molecule has 0 aliphatic rings. The number of aromatic amines is 1. The van der Waals surface area contributed by atoms with Gasteiger partial charge in [0, 0.05) is 16.4 Å². The van der Waals surface area contributed by atoms with Gasteiger partial charge >= 0.3 is 5.97 Å². The normalized spacial score (nSPS) is 11.3. The Morgan fingerprint density at radius 1 is 1.43 bits per heavy atom. The molecule has 0 unspecified atom stereocenters. The molecule has 2 rings (SSSR count). The Bertz CT molecular complexity index is 878. The van der Waals surface area contributed by atoms with Crippen molar-refractivity contribution in [1.29, 1.82) is 0 Å². The van der Waals surface area contributed by atoms with Crippen molar-refractivity contribution in [2.45, 2.75) is 18.9 Å². The summed E-state index contributed by atoms with van der Waals surface area (Å²) in [6.45, 7) is 3.07. The van der Waals surface area contributed by atoms with Crippen molar-refractivity contribution in [2.75, 3.05) is 11.8 Å². The third kappa shape index (κ3) is 3.15. The smallest absolute Gasteiger partial charge is 0.340 e. The number of halogens is 1.